The van der Waals surface area contributed by atoms with Crippen molar-refractivity contribution in [2.24, 2.45) is 0 Å². The number of sulfonamides is 1. The Hall–Kier alpha value is -3.68. The van der Waals surface area contributed by atoms with Gasteiger partial charge in [-0.2, -0.15) is 4.72 Å². The molecular formula is C32H45N3O9S. The number of amides is 2. The van der Waals surface area contributed by atoms with Gasteiger partial charge >= 0.3 is 12.1 Å². The molecule has 45 heavy (non-hydrogen) atoms. The third-order valence-corrected chi connectivity index (χ3v) is 7.91. The molecule has 1 aliphatic heterocycles. The molecule has 0 radical (unpaired) electrons. The predicted molar refractivity (Wildman–Crippen MR) is 167 cm³/mol. The number of carbonyl (C=O) groups excluding carboxylic acids is 3. The second kappa shape index (κ2) is 15.5. The van der Waals surface area contributed by atoms with Crippen LogP contribution in [0.15, 0.2) is 59.5 Å². The summed E-state index contributed by atoms with van der Waals surface area (Å²) in [6.45, 7) is 12.0. The van der Waals surface area contributed by atoms with E-state index in [-0.39, 0.29) is 23.6 Å². The van der Waals surface area contributed by atoms with Gasteiger partial charge in [0.2, 0.25) is 10.0 Å². The van der Waals surface area contributed by atoms with Crippen LogP contribution in [0.4, 0.5) is 4.79 Å². The minimum Gasteiger partial charge on any atom is -0.491 e. The Bertz CT molecular complexity index is 1380. The normalized spacial score (nSPS) is 15.2. The summed E-state index contributed by atoms with van der Waals surface area (Å²) < 4.78 is 50.5. The molecule has 2 amide bonds. The van der Waals surface area contributed by atoms with E-state index in [1.807, 2.05) is 20.8 Å². The van der Waals surface area contributed by atoms with Crippen LogP contribution < -0.4 is 14.8 Å². The van der Waals surface area contributed by atoms with Crippen LogP contribution in [-0.4, -0.2) is 87.5 Å². The topological polar surface area (TPSA) is 150 Å². The lowest BCUT2D eigenvalue weighted by Gasteiger charge is -2.33. The summed E-state index contributed by atoms with van der Waals surface area (Å²) in [6.07, 6.45) is 1.15. The van der Waals surface area contributed by atoms with Gasteiger partial charge in [0.15, 0.2) is 0 Å². The fraction of sp³-hybridized carbons (Fsp3) is 0.531. The molecule has 12 nitrogen and oxygen atoms in total. The maximum atomic E-state index is 12.9. The van der Waals surface area contributed by atoms with Crippen LogP contribution >= 0.6 is 0 Å². The first kappa shape index (κ1) is 35.8. The molecule has 0 saturated carbocycles. The zero-order valence-electron chi connectivity index (χ0n) is 26.8. The van der Waals surface area contributed by atoms with E-state index in [4.69, 9.17) is 18.9 Å². The van der Waals surface area contributed by atoms with E-state index in [2.05, 4.69) is 10.0 Å². The highest BCUT2D eigenvalue weighted by Crippen LogP contribution is 2.18. The maximum Gasteiger partial charge on any atom is 0.410 e. The number of hydrogen-bond donors (Lipinski definition) is 2. The summed E-state index contributed by atoms with van der Waals surface area (Å²) in [4.78, 5) is 39.6. The van der Waals surface area contributed by atoms with Crippen molar-refractivity contribution in [2.45, 2.75) is 82.6 Å². The molecule has 3 rings (SSSR count). The number of ether oxygens (including phenoxy) is 4. The average molecular weight is 648 g/mol. The van der Waals surface area contributed by atoms with Crippen molar-refractivity contribution >= 4 is 28.0 Å². The molecule has 0 spiro atoms. The first-order chi connectivity index (χ1) is 21.0. The molecule has 13 heteroatoms. The molecule has 248 valence electrons. The number of hydrogen-bond acceptors (Lipinski definition) is 9. The smallest absolute Gasteiger partial charge is 0.410 e. The number of carbonyl (C=O) groups is 3. The fourth-order valence-electron chi connectivity index (χ4n) is 4.31. The van der Waals surface area contributed by atoms with Gasteiger partial charge in [0, 0.05) is 25.2 Å². The lowest BCUT2D eigenvalue weighted by atomic mass is 10.1. The Morgan fingerprint density at radius 3 is 2.04 bits per heavy atom. The number of likely N-dealkylation sites (tertiary alicyclic amines) is 1. The van der Waals surface area contributed by atoms with Gasteiger partial charge in [-0.05, 0) is 90.8 Å². The molecule has 1 atom stereocenters. The number of nitrogens with one attached hydrogen (secondary N) is 2. The molecule has 2 N–H and O–H groups in total. The van der Waals surface area contributed by atoms with Gasteiger partial charge in [0.25, 0.3) is 5.91 Å². The minimum atomic E-state index is -4.06. The van der Waals surface area contributed by atoms with Gasteiger partial charge < -0.3 is 29.2 Å². The van der Waals surface area contributed by atoms with E-state index < -0.39 is 39.1 Å². The zero-order valence-corrected chi connectivity index (χ0v) is 27.6. The molecule has 0 bridgehead atoms. The van der Waals surface area contributed by atoms with Crippen molar-refractivity contribution in [3.8, 4) is 5.75 Å². The fourth-order valence-corrected chi connectivity index (χ4v) is 5.51. The van der Waals surface area contributed by atoms with Gasteiger partial charge in [-0.1, -0.05) is 18.2 Å². The quantitative estimate of drug-likeness (QED) is 0.258. The molecule has 1 saturated heterocycles. The number of benzene rings is 2. The lowest BCUT2D eigenvalue weighted by Crippen LogP contribution is -2.50. The summed E-state index contributed by atoms with van der Waals surface area (Å²) in [5.41, 5.74) is -1.10. The Balaban J connectivity index is 1.46. The Labute approximate surface area is 265 Å². The number of rotatable bonds is 12. The summed E-state index contributed by atoms with van der Waals surface area (Å²) in [5, 5.41) is 2.61. The third-order valence-electron chi connectivity index (χ3n) is 6.42. The number of nitrogens with zero attached hydrogens (tertiary/aromatic N) is 1. The van der Waals surface area contributed by atoms with Crippen molar-refractivity contribution in [1.82, 2.24) is 14.9 Å². The van der Waals surface area contributed by atoms with Crippen molar-refractivity contribution in [3.05, 3.63) is 60.2 Å². The zero-order chi connectivity index (χ0) is 33.3. The highest BCUT2D eigenvalue weighted by molar-refractivity contribution is 7.89. The van der Waals surface area contributed by atoms with E-state index in [1.54, 1.807) is 68.1 Å². The van der Waals surface area contributed by atoms with E-state index >= 15 is 0 Å². The van der Waals surface area contributed by atoms with Gasteiger partial charge in [0.1, 0.15) is 29.6 Å². The summed E-state index contributed by atoms with van der Waals surface area (Å²) >= 11 is 0. The van der Waals surface area contributed by atoms with Crippen molar-refractivity contribution < 1.29 is 41.7 Å². The van der Waals surface area contributed by atoms with Gasteiger partial charge in [0.05, 0.1) is 17.6 Å². The van der Waals surface area contributed by atoms with Crippen LogP contribution in [-0.2, 0) is 29.0 Å². The molecule has 2 aromatic rings. The van der Waals surface area contributed by atoms with Gasteiger partial charge in [-0.25, -0.2) is 13.2 Å². The molecule has 1 aliphatic rings. The third kappa shape index (κ3) is 12.3. The summed E-state index contributed by atoms with van der Waals surface area (Å²) in [5.74, 6) is -0.783. The maximum absolute atomic E-state index is 12.9. The Kier molecular flexibility index (Phi) is 12.4. The largest absolute Gasteiger partial charge is 0.491 e. The lowest BCUT2D eigenvalue weighted by molar-refractivity contribution is -0.156. The van der Waals surface area contributed by atoms with Crippen LogP contribution in [0.3, 0.4) is 0 Å². The molecule has 0 aromatic heterocycles. The second-order valence-electron chi connectivity index (χ2n) is 12.6. The van der Waals surface area contributed by atoms with Crippen molar-refractivity contribution in [3.63, 3.8) is 0 Å². The van der Waals surface area contributed by atoms with E-state index in [1.165, 1.54) is 12.1 Å². The standard InChI is InChI=1S/C32H45N3O9S/c1-31(2,3)43-29(37)27(34-45(39,40)26-10-8-7-9-11-26)22-33-28(36)23-12-14-24(15-13-23)41-20-21-42-25-16-18-35(19-17-25)30(38)44-32(4,5)6/h7-15,25,27,34H,16-22H2,1-6H3,(H,33,36). The first-order valence-corrected chi connectivity index (χ1v) is 16.4. The van der Waals surface area contributed by atoms with Gasteiger partial charge in [-0.15, -0.1) is 0 Å². The van der Waals surface area contributed by atoms with Crippen LogP contribution in [0.1, 0.15) is 64.7 Å². The SMILES string of the molecule is CC(C)(C)OC(=O)C(CNC(=O)c1ccc(OCCOC2CCN(C(=O)OC(C)(C)C)CC2)cc1)NS(=O)(=O)c1ccccc1. The molecule has 2 aromatic carbocycles. The van der Waals surface area contributed by atoms with Gasteiger partial charge in [-0.3, -0.25) is 9.59 Å². The molecule has 1 heterocycles. The monoisotopic (exact) mass is 647 g/mol. The molecule has 1 fully saturated rings. The molecule has 1 unspecified atom stereocenters. The Morgan fingerprint density at radius 1 is 0.867 bits per heavy atom. The van der Waals surface area contributed by atoms with Crippen LogP contribution in [0.5, 0.6) is 5.75 Å². The minimum absolute atomic E-state index is 0.0190. The highest BCUT2D eigenvalue weighted by atomic mass is 32.2. The summed E-state index contributed by atoms with van der Waals surface area (Å²) in [6, 6.07) is 12.7. The van der Waals surface area contributed by atoms with E-state index in [0.717, 1.165) is 0 Å². The summed E-state index contributed by atoms with van der Waals surface area (Å²) in [7, 11) is -4.06. The van der Waals surface area contributed by atoms with E-state index in [9.17, 15) is 22.8 Å². The Morgan fingerprint density at radius 2 is 1.47 bits per heavy atom. The van der Waals surface area contributed by atoms with Crippen LogP contribution in [0.2, 0.25) is 0 Å². The molecule has 0 aliphatic carbocycles. The predicted octanol–water partition coefficient (Wildman–Crippen LogP) is 3.90. The van der Waals surface area contributed by atoms with E-state index in [0.29, 0.717) is 50.5 Å². The van der Waals surface area contributed by atoms with Crippen LogP contribution in [0.25, 0.3) is 0 Å². The second-order valence-corrected chi connectivity index (χ2v) is 14.4. The average Bonchev–Trinajstić information content (AvgIpc) is 2.96. The highest BCUT2D eigenvalue weighted by Gasteiger charge is 2.31. The van der Waals surface area contributed by atoms with Crippen molar-refractivity contribution in [2.75, 3.05) is 32.8 Å². The number of piperidine rings is 1. The molecular weight excluding hydrogens is 602 g/mol. The van der Waals surface area contributed by atoms with Crippen molar-refractivity contribution in [1.29, 1.82) is 0 Å². The first-order valence-electron chi connectivity index (χ1n) is 14.9. The number of esters is 1. The van der Waals surface area contributed by atoms with Crippen LogP contribution in [0, 0.1) is 0 Å².